The molecule has 1 N–H and O–H groups in total. The summed E-state index contributed by atoms with van der Waals surface area (Å²) in [7, 11) is 0. The molecule has 0 spiro atoms. The second-order valence-corrected chi connectivity index (χ2v) is 4.28. The summed E-state index contributed by atoms with van der Waals surface area (Å²) in [6, 6.07) is 3.41. The van der Waals surface area contributed by atoms with Gasteiger partial charge in [0.25, 0.3) is 0 Å². The molecule has 16 heavy (non-hydrogen) atoms. The highest BCUT2D eigenvalue weighted by atomic mass is 16.4. The monoisotopic (exact) mass is 223 g/mol. The smallest absolute Gasteiger partial charge is 0.320 e. The standard InChI is InChI=1S/C12H17NO3/c1-9(11-6-4-8-16-11)13-7-3-2-5-10(13)12(14)15/h4,6,8-10H,2-3,5,7H2,1H3,(H,14,15)/t9-,10+/m0/s1. The number of carboxylic acid groups (broad SMARTS) is 1. The van der Waals surface area contributed by atoms with Crippen molar-refractivity contribution in [2.24, 2.45) is 0 Å². The molecule has 0 aromatic carbocycles. The van der Waals surface area contributed by atoms with E-state index in [-0.39, 0.29) is 12.1 Å². The Hall–Kier alpha value is -1.29. The van der Waals surface area contributed by atoms with Crippen LogP contribution in [0.4, 0.5) is 0 Å². The van der Waals surface area contributed by atoms with Gasteiger partial charge in [0.2, 0.25) is 0 Å². The highest BCUT2D eigenvalue weighted by Gasteiger charge is 2.32. The van der Waals surface area contributed by atoms with E-state index in [1.54, 1.807) is 6.26 Å². The minimum absolute atomic E-state index is 0.0383. The van der Waals surface area contributed by atoms with Crippen molar-refractivity contribution < 1.29 is 14.3 Å². The number of rotatable bonds is 3. The number of hydrogen-bond acceptors (Lipinski definition) is 3. The van der Waals surface area contributed by atoms with Crippen LogP contribution >= 0.6 is 0 Å². The van der Waals surface area contributed by atoms with Crippen molar-refractivity contribution in [3.8, 4) is 0 Å². The molecule has 1 fully saturated rings. The highest BCUT2D eigenvalue weighted by Crippen LogP contribution is 2.28. The first kappa shape index (κ1) is 11.2. The number of aliphatic carboxylic acids is 1. The molecule has 1 aromatic rings. The zero-order valence-electron chi connectivity index (χ0n) is 9.43. The number of piperidine rings is 1. The predicted octanol–water partition coefficient (Wildman–Crippen LogP) is 2.28. The summed E-state index contributed by atoms with van der Waals surface area (Å²) >= 11 is 0. The minimum Gasteiger partial charge on any atom is -0.480 e. The Morgan fingerprint density at radius 1 is 1.62 bits per heavy atom. The van der Waals surface area contributed by atoms with Crippen molar-refractivity contribution in [1.82, 2.24) is 4.90 Å². The van der Waals surface area contributed by atoms with Crippen LogP contribution in [-0.2, 0) is 4.79 Å². The van der Waals surface area contributed by atoms with Crippen LogP contribution in [0.3, 0.4) is 0 Å². The third-order valence-corrected chi connectivity index (χ3v) is 3.28. The first-order chi connectivity index (χ1) is 7.70. The van der Waals surface area contributed by atoms with Crippen LogP contribution in [0.25, 0.3) is 0 Å². The van der Waals surface area contributed by atoms with Gasteiger partial charge in [0, 0.05) is 0 Å². The van der Waals surface area contributed by atoms with Gasteiger partial charge in [-0.15, -0.1) is 0 Å². The second kappa shape index (κ2) is 4.70. The Balaban J connectivity index is 2.14. The lowest BCUT2D eigenvalue weighted by atomic mass is 9.99. The maximum Gasteiger partial charge on any atom is 0.320 e. The van der Waals surface area contributed by atoms with E-state index >= 15 is 0 Å². The molecule has 1 aliphatic rings. The summed E-state index contributed by atoms with van der Waals surface area (Å²) in [4.78, 5) is 13.2. The Morgan fingerprint density at radius 2 is 2.44 bits per heavy atom. The number of furan rings is 1. The van der Waals surface area contributed by atoms with Crippen LogP contribution in [0.1, 0.15) is 38.0 Å². The molecule has 2 atom stereocenters. The zero-order valence-corrected chi connectivity index (χ0v) is 9.43. The summed E-state index contributed by atoms with van der Waals surface area (Å²) in [6.45, 7) is 2.83. The number of carbonyl (C=O) groups is 1. The summed E-state index contributed by atoms with van der Waals surface area (Å²) in [5.74, 6) is 0.117. The topological polar surface area (TPSA) is 53.7 Å². The van der Waals surface area contributed by atoms with Crippen LogP contribution in [0.2, 0.25) is 0 Å². The van der Waals surface area contributed by atoms with Crippen molar-refractivity contribution in [3.63, 3.8) is 0 Å². The largest absolute Gasteiger partial charge is 0.480 e. The maximum atomic E-state index is 11.2. The van der Waals surface area contributed by atoms with Gasteiger partial charge in [-0.1, -0.05) is 6.42 Å². The van der Waals surface area contributed by atoms with Crippen molar-refractivity contribution in [2.75, 3.05) is 6.54 Å². The van der Waals surface area contributed by atoms with Gasteiger partial charge in [0.1, 0.15) is 11.8 Å². The molecule has 1 saturated heterocycles. The van der Waals surface area contributed by atoms with E-state index in [4.69, 9.17) is 4.42 Å². The van der Waals surface area contributed by atoms with E-state index in [0.717, 1.165) is 31.6 Å². The average Bonchev–Trinajstić information content (AvgIpc) is 2.81. The van der Waals surface area contributed by atoms with Crippen LogP contribution in [0.15, 0.2) is 22.8 Å². The van der Waals surface area contributed by atoms with Crippen molar-refractivity contribution in [1.29, 1.82) is 0 Å². The molecule has 0 radical (unpaired) electrons. The normalized spacial score (nSPS) is 24.2. The molecule has 1 aromatic heterocycles. The molecule has 0 unspecified atom stereocenters. The van der Waals surface area contributed by atoms with Gasteiger partial charge >= 0.3 is 5.97 Å². The Bertz CT molecular complexity index is 347. The molecule has 0 saturated carbocycles. The first-order valence-electron chi connectivity index (χ1n) is 5.72. The van der Waals surface area contributed by atoms with Gasteiger partial charge < -0.3 is 9.52 Å². The molecule has 1 aliphatic heterocycles. The third kappa shape index (κ3) is 2.11. The van der Waals surface area contributed by atoms with Crippen LogP contribution in [0, 0.1) is 0 Å². The summed E-state index contributed by atoms with van der Waals surface area (Å²) < 4.78 is 5.34. The molecule has 4 heteroatoms. The maximum absolute atomic E-state index is 11.2. The number of nitrogens with zero attached hydrogens (tertiary/aromatic N) is 1. The quantitative estimate of drug-likeness (QED) is 0.854. The third-order valence-electron chi connectivity index (χ3n) is 3.28. The van der Waals surface area contributed by atoms with Crippen molar-refractivity contribution >= 4 is 5.97 Å². The summed E-state index contributed by atoms with van der Waals surface area (Å²) in [5, 5.41) is 9.18. The molecular formula is C12H17NO3. The molecule has 2 heterocycles. The summed E-state index contributed by atoms with van der Waals surface area (Å²) in [5.41, 5.74) is 0. The molecule has 0 bridgehead atoms. The zero-order chi connectivity index (χ0) is 11.5. The van der Waals surface area contributed by atoms with Gasteiger partial charge in [0.05, 0.1) is 12.3 Å². The number of hydrogen-bond donors (Lipinski definition) is 1. The SMILES string of the molecule is C[C@@H](c1ccco1)N1CCCC[C@@H]1C(=O)O. The molecule has 4 nitrogen and oxygen atoms in total. The molecule has 88 valence electrons. The van der Waals surface area contributed by atoms with Crippen LogP contribution in [-0.4, -0.2) is 28.6 Å². The second-order valence-electron chi connectivity index (χ2n) is 4.28. The fourth-order valence-electron chi connectivity index (χ4n) is 2.38. The lowest BCUT2D eigenvalue weighted by Gasteiger charge is -2.36. The van der Waals surface area contributed by atoms with Crippen molar-refractivity contribution in [2.45, 2.75) is 38.3 Å². The first-order valence-corrected chi connectivity index (χ1v) is 5.72. The molecular weight excluding hydrogens is 206 g/mol. The van der Waals surface area contributed by atoms with E-state index in [0.29, 0.717) is 0 Å². The van der Waals surface area contributed by atoms with Gasteiger partial charge in [-0.3, -0.25) is 9.69 Å². The molecule has 0 aliphatic carbocycles. The molecule has 0 amide bonds. The fraction of sp³-hybridized carbons (Fsp3) is 0.583. The minimum atomic E-state index is -0.724. The molecule has 2 rings (SSSR count). The van der Waals surface area contributed by atoms with Crippen LogP contribution in [0.5, 0.6) is 0 Å². The lowest BCUT2D eigenvalue weighted by Crippen LogP contribution is -2.45. The van der Waals surface area contributed by atoms with Crippen LogP contribution < -0.4 is 0 Å². The van der Waals surface area contributed by atoms with Gasteiger partial charge in [0.15, 0.2) is 0 Å². The average molecular weight is 223 g/mol. The Morgan fingerprint density at radius 3 is 3.06 bits per heavy atom. The number of likely N-dealkylation sites (tertiary alicyclic amines) is 1. The van der Waals surface area contributed by atoms with E-state index in [1.165, 1.54) is 0 Å². The fourth-order valence-corrected chi connectivity index (χ4v) is 2.38. The Labute approximate surface area is 94.9 Å². The van der Waals surface area contributed by atoms with E-state index in [1.807, 2.05) is 24.0 Å². The highest BCUT2D eigenvalue weighted by molar-refractivity contribution is 5.73. The van der Waals surface area contributed by atoms with Gasteiger partial charge in [-0.05, 0) is 38.4 Å². The van der Waals surface area contributed by atoms with E-state index in [9.17, 15) is 9.90 Å². The van der Waals surface area contributed by atoms with Gasteiger partial charge in [-0.25, -0.2) is 0 Å². The van der Waals surface area contributed by atoms with Crippen molar-refractivity contribution in [3.05, 3.63) is 24.2 Å². The number of carboxylic acids is 1. The van der Waals surface area contributed by atoms with Gasteiger partial charge in [-0.2, -0.15) is 0 Å². The van der Waals surface area contributed by atoms with E-state index < -0.39 is 5.97 Å². The predicted molar refractivity (Wildman–Crippen MR) is 59.1 cm³/mol. The summed E-state index contributed by atoms with van der Waals surface area (Å²) in [6.07, 6.45) is 4.43. The lowest BCUT2D eigenvalue weighted by molar-refractivity contribution is -0.145. The Kier molecular flexibility index (Phi) is 3.29. The van der Waals surface area contributed by atoms with E-state index in [2.05, 4.69) is 0 Å².